The van der Waals surface area contributed by atoms with Crippen molar-refractivity contribution >= 4 is 21.6 Å². The molecule has 0 saturated carbocycles. The minimum Gasteiger partial charge on any atom is -0.450 e. The highest BCUT2D eigenvalue weighted by Crippen LogP contribution is 2.36. The number of aryl methyl sites for hydroxylation is 1. The lowest BCUT2D eigenvalue weighted by atomic mass is 10.2. The lowest BCUT2D eigenvalue weighted by Gasteiger charge is -2.12. The van der Waals surface area contributed by atoms with Crippen LogP contribution >= 0.6 is 15.9 Å². The van der Waals surface area contributed by atoms with Crippen molar-refractivity contribution in [1.82, 2.24) is 0 Å². The molecule has 4 nitrogen and oxygen atoms in total. The van der Waals surface area contributed by atoms with Crippen LogP contribution in [-0.2, 0) is 5.33 Å². The maximum absolute atomic E-state index is 13.2. The zero-order chi connectivity index (χ0) is 14.7. The minimum absolute atomic E-state index is 0.116. The highest BCUT2D eigenvalue weighted by atomic mass is 79.9. The lowest BCUT2D eigenvalue weighted by Crippen LogP contribution is -1.97. The molecule has 0 heterocycles. The predicted octanol–water partition coefficient (Wildman–Crippen LogP) is 4.73. The average molecular weight is 340 g/mol. The van der Waals surface area contributed by atoms with E-state index < -0.39 is 4.92 Å². The minimum atomic E-state index is -0.500. The van der Waals surface area contributed by atoms with Crippen molar-refractivity contribution in [3.8, 4) is 11.5 Å². The summed E-state index contributed by atoms with van der Waals surface area (Å²) in [6.45, 7) is 1.72. The molecule has 0 amide bonds. The van der Waals surface area contributed by atoms with Crippen LogP contribution in [0.25, 0.3) is 0 Å². The van der Waals surface area contributed by atoms with Crippen molar-refractivity contribution in [3.05, 3.63) is 63.5 Å². The largest absolute Gasteiger partial charge is 0.450 e. The molecule has 0 fully saturated rings. The maximum atomic E-state index is 13.2. The van der Waals surface area contributed by atoms with Gasteiger partial charge in [-0.25, -0.2) is 4.39 Å². The molecule has 0 aliphatic heterocycles. The summed E-state index contributed by atoms with van der Waals surface area (Å²) in [7, 11) is 0. The second kappa shape index (κ2) is 6.00. The van der Waals surface area contributed by atoms with Gasteiger partial charge in [-0.15, -0.1) is 0 Å². The monoisotopic (exact) mass is 339 g/mol. The molecule has 0 unspecified atom stereocenters. The van der Waals surface area contributed by atoms with Crippen molar-refractivity contribution in [2.24, 2.45) is 0 Å². The Morgan fingerprint density at radius 2 is 2.10 bits per heavy atom. The Labute approximate surface area is 123 Å². The topological polar surface area (TPSA) is 52.4 Å². The third-order valence-electron chi connectivity index (χ3n) is 2.77. The van der Waals surface area contributed by atoms with Crippen LogP contribution in [0, 0.1) is 22.9 Å². The molecule has 0 saturated heterocycles. The second-order valence-corrected chi connectivity index (χ2v) is 4.73. The molecule has 0 N–H and O–H groups in total. The van der Waals surface area contributed by atoms with E-state index in [1.54, 1.807) is 19.1 Å². The summed E-state index contributed by atoms with van der Waals surface area (Å²) in [5.41, 5.74) is 1.11. The van der Waals surface area contributed by atoms with Gasteiger partial charge in [0.1, 0.15) is 11.6 Å². The Kier molecular flexibility index (Phi) is 4.34. The molecule has 0 spiro atoms. The summed E-state index contributed by atoms with van der Waals surface area (Å²) in [5, 5.41) is 11.4. The summed E-state index contributed by atoms with van der Waals surface area (Å²) in [4.78, 5) is 10.5. The number of nitro groups is 1. The Bertz CT molecular complexity index is 661. The molecule has 6 heteroatoms. The van der Waals surface area contributed by atoms with Gasteiger partial charge < -0.3 is 4.74 Å². The second-order valence-electron chi connectivity index (χ2n) is 4.17. The van der Waals surface area contributed by atoms with E-state index in [-0.39, 0.29) is 17.3 Å². The first-order valence-electron chi connectivity index (χ1n) is 5.79. The van der Waals surface area contributed by atoms with Gasteiger partial charge in [-0.3, -0.25) is 10.1 Å². The molecule has 0 aliphatic rings. The van der Waals surface area contributed by atoms with Crippen molar-refractivity contribution in [1.29, 1.82) is 0 Å². The first-order valence-corrected chi connectivity index (χ1v) is 6.91. The normalized spacial score (nSPS) is 10.3. The molecule has 0 radical (unpaired) electrons. The summed E-state index contributed by atoms with van der Waals surface area (Å²) >= 11 is 3.24. The van der Waals surface area contributed by atoms with Gasteiger partial charge in [0.05, 0.1) is 4.92 Å². The number of rotatable bonds is 4. The lowest BCUT2D eigenvalue weighted by molar-refractivity contribution is -0.385. The van der Waals surface area contributed by atoms with E-state index in [2.05, 4.69) is 15.9 Å². The third-order valence-corrected chi connectivity index (χ3v) is 3.37. The molecule has 0 aromatic heterocycles. The number of ether oxygens (including phenoxy) is 1. The van der Waals surface area contributed by atoms with Crippen molar-refractivity contribution in [3.63, 3.8) is 0 Å². The number of halogens is 2. The highest BCUT2D eigenvalue weighted by Gasteiger charge is 2.19. The van der Waals surface area contributed by atoms with Gasteiger partial charge in [-0.2, -0.15) is 0 Å². The number of nitrogens with zero attached hydrogens (tertiary/aromatic N) is 1. The van der Waals surface area contributed by atoms with Crippen LogP contribution in [0.1, 0.15) is 11.1 Å². The molecule has 2 aromatic rings. The third kappa shape index (κ3) is 2.96. The number of nitro benzene ring substituents is 1. The van der Waals surface area contributed by atoms with Crippen LogP contribution in [0.5, 0.6) is 11.5 Å². The summed E-state index contributed by atoms with van der Waals surface area (Å²) in [6, 6.07) is 8.73. The van der Waals surface area contributed by atoms with Gasteiger partial charge in [-0.1, -0.05) is 28.1 Å². The van der Waals surface area contributed by atoms with Gasteiger partial charge in [0.2, 0.25) is 5.75 Å². The molecule has 2 aromatic carbocycles. The van der Waals surface area contributed by atoms with E-state index in [1.807, 2.05) is 0 Å². The Balaban J connectivity index is 2.47. The van der Waals surface area contributed by atoms with Crippen molar-refractivity contribution in [2.75, 3.05) is 0 Å². The van der Waals surface area contributed by atoms with Crippen LogP contribution in [-0.4, -0.2) is 4.92 Å². The van der Waals surface area contributed by atoms with E-state index in [4.69, 9.17) is 4.74 Å². The van der Waals surface area contributed by atoms with Crippen LogP contribution in [0.4, 0.5) is 10.1 Å². The van der Waals surface area contributed by atoms with Crippen LogP contribution in [0.3, 0.4) is 0 Å². The molecule has 0 atom stereocenters. The predicted molar refractivity (Wildman–Crippen MR) is 76.9 cm³/mol. The quantitative estimate of drug-likeness (QED) is 0.459. The molecule has 20 heavy (non-hydrogen) atoms. The average Bonchev–Trinajstić information content (AvgIpc) is 2.42. The van der Waals surface area contributed by atoms with Gasteiger partial charge in [0, 0.05) is 17.0 Å². The molecular weight excluding hydrogens is 329 g/mol. The number of hydrogen-bond donors (Lipinski definition) is 0. The first-order chi connectivity index (χ1) is 9.52. The first kappa shape index (κ1) is 14.5. The summed E-state index contributed by atoms with van der Waals surface area (Å²) in [5.74, 6) is 0.179. The summed E-state index contributed by atoms with van der Waals surface area (Å²) in [6.07, 6.45) is 0. The smallest absolute Gasteiger partial charge is 0.311 e. The fraction of sp³-hybridized carbons (Fsp3) is 0.143. The fourth-order valence-electron chi connectivity index (χ4n) is 1.78. The zero-order valence-corrected chi connectivity index (χ0v) is 12.2. The Morgan fingerprint density at radius 1 is 1.35 bits per heavy atom. The number of para-hydroxylation sites is 1. The van der Waals surface area contributed by atoms with E-state index >= 15 is 0 Å². The number of benzene rings is 2. The van der Waals surface area contributed by atoms with Crippen molar-refractivity contribution in [2.45, 2.75) is 12.3 Å². The van der Waals surface area contributed by atoms with Crippen LogP contribution < -0.4 is 4.74 Å². The van der Waals surface area contributed by atoms with E-state index in [0.29, 0.717) is 22.2 Å². The standard InChI is InChI=1S/C14H11BrFNO3/c1-9-3-2-4-12(17(18)19)14(9)20-13-6-5-11(16)7-10(13)8-15/h2-7H,8H2,1H3. The number of hydrogen-bond acceptors (Lipinski definition) is 3. The van der Waals surface area contributed by atoms with Gasteiger partial charge in [0.25, 0.3) is 0 Å². The fourth-order valence-corrected chi connectivity index (χ4v) is 2.21. The van der Waals surface area contributed by atoms with Crippen molar-refractivity contribution < 1.29 is 14.1 Å². The number of alkyl halides is 1. The van der Waals surface area contributed by atoms with E-state index in [9.17, 15) is 14.5 Å². The highest BCUT2D eigenvalue weighted by molar-refractivity contribution is 9.08. The Hall–Kier alpha value is -1.95. The van der Waals surface area contributed by atoms with Gasteiger partial charge >= 0.3 is 5.69 Å². The van der Waals surface area contributed by atoms with Gasteiger partial charge in [-0.05, 0) is 30.7 Å². The molecule has 2 rings (SSSR count). The zero-order valence-electron chi connectivity index (χ0n) is 10.6. The molecule has 0 aliphatic carbocycles. The van der Waals surface area contributed by atoms with E-state index in [0.717, 1.165) is 0 Å². The van der Waals surface area contributed by atoms with Crippen LogP contribution in [0.2, 0.25) is 0 Å². The molecular formula is C14H11BrFNO3. The summed E-state index contributed by atoms with van der Waals surface area (Å²) < 4.78 is 18.8. The van der Waals surface area contributed by atoms with Gasteiger partial charge in [0.15, 0.2) is 0 Å². The van der Waals surface area contributed by atoms with Crippen LogP contribution in [0.15, 0.2) is 36.4 Å². The molecule has 0 bridgehead atoms. The Morgan fingerprint density at radius 3 is 2.75 bits per heavy atom. The van der Waals surface area contributed by atoms with E-state index in [1.165, 1.54) is 24.3 Å². The SMILES string of the molecule is Cc1cccc([N+](=O)[O-])c1Oc1ccc(F)cc1CBr. The maximum Gasteiger partial charge on any atom is 0.311 e. The molecule has 104 valence electrons.